The van der Waals surface area contributed by atoms with E-state index in [0.29, 0.717) is 42.1 Å². The van der Waals surface area contributed by atoms with Gasteiger partial charge in [-0.1, -0.05) is 11.6 Å². The largest absolute Gasteiger partial charge is 0.493 e. The maximum atomic E-state index is 12.0. The van der Waals surface area contributed by atoms with Crippen LogP contribution in [0.5, 0.6) is 11.5 Å². The van der Waals surface area contributed by atoms with Crippen molar-refractivity contribution in [3.05, 3.63) is 34.5 Å². The van der Waals surface area contributed by atoms with Crippen LogP contribution in [0.2, 0.25) is 5.02 Å². The molecule has 1 saturated heterocycles. The number of methoxy groups -OCH3 is 1. The Morgan fingerprint density at radius 2 is 2.12 bits per heavy atom. The fraction of sp³-hybridized carbons (Fsp3) is 0.500. The van der Waals surface area contributed by atoms with Crippen molar-refractivity contribution in [1.82, 2.24) is 9.97 Å². The Labute approximate surface area is 192 Å². The van der Waals surface area contributed by atoms with Crippen molar-refractivity contribution in [1.29, 1.82) is 0 Å². The maximum Gasteiger partial charge on any atom is 0.347 e. The van der Waals surface area contributed by atoms with Crippen molar-refractivity contribution in [2.45, 2.75) is 39.3 Å². The van der Waals surface area contributed by atoms with Crippen LogP contribution in [-0.4, -0.2) is 55.5 Å². The minimum atomic E-state index is -0.810. The van der Waals surface area contributed by atoms with Gasteiger partial charge in [0.05, 0.1) is 26.4 Å². The monoisotopic (exact) mass is 464 g/mol. The summed E-state index contributed by atoms with van der Waals surface area (Å²) in [6.45, 7) is 7.24. The molecule has 1 aromatic carbocycles. The molecule has 2 heterocycles. The first-order chi connectivity index (χ1) is 15.3. The number of nitrogen functional groups attached to an aromatic ring is 1. The van der Waals surface area contributed by atoms with Gasteiger partial charge in [0.15, 0.2) is 17.6 Å². The summed E-state index contributed by atoms with van der Waals surface area (Å²) in [7, 11) is 1.53. The molecule has 32 heavy (non-hydrogen) atoms. The Morgan fingerprint density at radius 3 is 2.81 bits per heavy atom. The molecule has 1 aliphatic heterocycles. The Bertz CT molecular complexity index is 938. The van der Waals surface area contributed by atoms with Crippen molar-refractivity contribution in [3.63, 3.8) is 0 Å². The second-order valence-corrected chi connectivity index (χ2v) is 7.81. The number of carbonyl (C=O) groups excluding carboxylic acids is 1. The third-order valence-corrected chi connectivity index (χ3v) is 5.38. The van der Waals surface area contributed by atoms with Crippen LogP contribution >= 0.6 is 11.6 Å². The van der Waals surface area contributed by atoms with Gasteiger partial charge in [0.25, 0.3) is 0 Å². The molecule has 174 valence electrons. The third-order valence-electron chi connectivity index (χ3n) is 5.06. The highest BCUT2D eigenvalue weighted by atomic mass is 35.5. The van der Waals surface area contributed by atoms with Crippen LogP contribution in [0.3, 0.4) is 0 Å². The summed E-state index contributed by atoms with van der Waals surface area (Å²) in [5.41, 5.74) is 7.46. The first kappa shape index (κ1) is 23.9. The summed E-state index contributed by atoms with van der Waals surface area (Å²) < 4.78 is 22.2. The highest BCUT2D eigenvalue weighted by Gasteiger charge is 2.29. The maximum absolute atomic E-state index is 12.0. The number of aryl methyl sites for hydroxylation is 1. The number of ether oxygens (including phenoxy) is 4. The van der Waals surface area contributed by atoms with E-state index in [1.54, 1.807) is 26.0 Å². The molecule has 2 N–H and O–H groups in total. The standard InChI is InChI=1S/C22H29ClN4O5/c1-5-31-21(28)14(3)32-19-11-16(23)15(10-18(19)29-4)17-12-30-8-6-7-27(17)20-9-13(2)25-22(24)26-20/h9-11,14,17H,5-8,12H2,1-4H3,(H2,24,25,26)/t14-,17-/m1/s1. The summed E-state index contributed by atoms with van der Waals surface area (Å²) in [6, 6.07) is 5.11. The lowest BCUT2D eigenvalue weighted by Gasteiger charge is -2.32. The first-order valence-corrected chi connectivity index (χ1v) is 10.9. The highest BCUT2D eigenvalue weighted by molar-refractivity contribution is 6.31. The molecule has 0 aliphatic carbocycles. The fourth-order valence-electron chi connectivity index (χ4n) is 3.59. The van der Waals surface area contributed by atoms with Gasteiger partial charge in [0, 0.05) is 36.0 Å². The number of carbonyl (C=O) groups is 1. The lowest BCUT2D eigenvalue weighted by atomic mass is 10.0. The molecule has 1 aromatic heterocycles. The van der Waals surface area contributed by atoms with Crippen molar-refractivity contribution >= 4 is 29.3 Å². The van der Waals surface area contributed by atoms with Crippen molar-refractivity contribution in [2.24, 2.45) is 0 Å². The average molecular weight is 465 g/mol. The highest BCUT2D eigenvalue weighted by Crippen LogP contribution is 2.40. The molecule has 0 saturated carbocycles. The zero-order valence-electron chi connectivity index (χ0n) is 18.8. The summed E-state index contributed by atoms with van der Waals surface area (Å²) in [5.74, 6) is 1.25. The molecule has 2 aromatic rings. The number of hydrogen-bond acceptors (Lipinski definition) is 9. The number of nitrogens with zero attached hydrogens (tertiary/aromatic N) is 3. The van der Waals surface area contributed by atoms with E-state index < -0.39 is 12.1 Å². The van der Waals surface area contributed by atoms with Gasteiger partial charge >= 0.3 is 5.97 Å². The van der Waals surface area contributed by atoms with Gasteiger partial charge in [-0.3, -0.25) is 0 Å². The van der Waals surface area contributed by atoms with Gasteiger partial charge in [-0.2, -0.15) is 4.98 Å². The summed E-state index contributed by atoms with van der Waals surface area (Å²) in [6.07, 6.45) is 0.0161. The van der Waals surface area contributed by atoms with E-state index in [1.165, 1.54) is 7.11 Å². The Morgan fingerprint density at radius 1 is 1.34 bits per heavy atom. The van der Waals surface area contributed by atoms with Gasteiger partial charge in [0.2, 0.25) is 5.95 Å². The summed E-state index contributed by atoms with van der Waals surface area (Å²) in [4.78, 5) is 22.7. The van der Waals surface area contributed by atoms with Crippen LogP contribution in [0.4, 0.5) is 11.8 Å². The smallest absolute Gasteiger partial charge is 0.347 e. The van der Waals surface area contributed by atoms with Crippen LogP contribution in [0, 0.1) is 6.92 Å². The molecule has 2 atom stereocenters. The van der Waals surface area contributed by atoms with Gasteiger partial charge < -0.3 is 29.6 Å². The molecular formula is C22H29ClN4O5. The van der Waals surface area contributed by atoms with Gasteiger partial charge in [0.1, 0.15) is 5.82 Å². The average Bonchev–Trinajstić information content (AvgIpc) is 2.99. The normalized spacial score (nSPS) is 17.4. The predicted molar refractivity (Wildman–Crippen MR) is 121 cm³/mol. The minimum Gasteiger partial charge on any atom is -0.493 e. The molecule has 10 heteroatoms. The zero-order chi connectivity index (χ0) is 23.3. The zero-order valence-corrected chi connectivity index (χ0v) is 19.5. The third kappa shape index (κ3) is 5.52. The number of hydrogen-bond donors (Lipinski definition) is 1. The second kappa shape index (κ2) is 10.7. The van der Waals surface area contributed by atoms with Crippen LogP contribution in [-0.2, 0) is 14.3 Å². The number of benzene rings is 1. The lowest BCUT2D eigenvalue weighted by Crippen LogP contribution is -2.32. The molecule has 3 rings (SSSR count). The van der Waals surface area contributed by atoms with E-state index in [0.717, 1.165) is 17.7 Å². The Hall–Kier alpha value is -2.78. The lowest BCUT2D eigenvalue weighted by molar-refractivity contribution is -0.150. The molecule has 0 spiro atoms. The van der Waals surface area contributed by atoms with Crippen LogP contribution < -0.4 is 20.1 Å². The van der Waals surface area contributed by atoms with Crippen molar-refractivity contribution in [3.8, 4) is 11.5 Å². The molecular weight excluding hydrogens is 436 g/mol. The van der Waals surface area contributed by atoms with Gasteiger partial charge in [-0.25, -0.2) is 9.78 Å². The number of halogens is 1. The van der Waals surface area contributed by atoms with Crippen LogP contribution in [0.25, 0.3) is 0 Å². The summed E-state index contributed by atoms with van der Waals surface area (Å²) in [5, 5.41) is 0.455. The first-order valence-electron chi connectivity index (χ1n) is 10.5. The van der Waals surface area contributed by atoms with Crippen molar-refractivity contribution in [2.75, 3.05) is 44.1 Å². The van der Waals surface area contributed by atoms with Crippen LogP contribution in [0.15, 0.2) is 18.2 Å². The van der Waals surface area contributed by atoms with E-state index >= 15 is 0 Å². The molecule has 0 bridgehead atoms. The van der Waals surface area contributed by atoms with Gasteiger partial charge in [-0.15, -0.1) is 0 Å². The predicted octanol–water partition coefficient (Wildman–Crippen LogP) is 3.33. The molecule has 0 radical (unpaired) electrons. The van der Waals surface area contributed by atoms with Gasteiger partial charge in [-0.05, 0) is 38.8 Å². The number of anilines is 2. The number of nitrogens with two attached hydrogens (primary N) is 1. The number of esters is 1. The molecule has 1 fully saturated rings. The molecule has 0 amide bonds. The van der Waals surface area contributed by atoms with Crippen molar-refractivity contribution < 1.29 is 23.7 Å². The Kier molecular flexibility index (Phi) is 7.98. The summed E-state index contributed by atoms with van der Waals surface area (Å²) >= 11 is 6.69. The topological polar surface area (TPSA) is 109 Å². The number of rotatable bonds is 7. The van der Waals surface area contributed by atoms with Crippen LogP contribution in [0.1, 0.15) is 37.6 Å². The van der Waals surface area contributed by atoms with E-state index in [1.807, 2.05) is 13.0 Å². The minimum absolute atomic E-state index is 0.212. The van der Waals surface area contributed by atoms with E-state index in [-0.39, 0.29) is 18.6 Å². The second-order valence-electron chi connectivity index (χ2n) is 7.40. The molecule has 0 unspecified atom stereocenters. The molecule has 1 aliphatic rings. The Balaban J connectivity index is 1.97. The number of aromatic nitrogens is 2. The van der Waals surface area contributed by atoms with E-state index in [4.69, 9.17) is 36.3 Å². The quantitative estimate of drug-likeness (QED) is 0.617. The SMILES string of the molecule is CCOC(=O)[C@@H](C)Oc1cc(Cl)c([C@H]2COCCCN2c2cc(C)nc(N)n2)cc1OC. The fourth-order valence-corrected chi connectivity index (χ4v) is 3.87. The molecule has 9 nitrogen and oxygen atoms in total. The van der Waals surface area contributed by atoms with E-state index in [9.17, 15) is 4.79 Å². The van der Waals surface area contributed by atoms with E-state index in [2.05, 4.69) is 14.9 Å².